The second-order valence-corrected chi connectivity index (χ2v) is 11.4. The molecule has 0 bridgehead atoms. The third kappa shape index (κ3) is 3.70. The SMILES string of the molecule is C#C[C@]1(O[C@@H]2O[C@H](C(=O)OC)[C@@H](O)[C@H](O)[C@H]2O)CC[C@H]2[C@@H]3CCC4=CC(=O)CC[C@@H]4[C@H]3CC[C@@]21CC. The number of aliphatic hydroxyl groups is 3. The van der Waals surface area contributed by atoms with Crippen molar-refractivity contribution in [1.82, 2.24) is 0 Å². The van der Waals surface area contributed by atoms with Crippen molar-refractivity contribution in [3.05, 3.63) is 11.6 Å². The third-order valence-electron chi connectivity index (χ3n) is 10.3. The Morgan fingerprint density at radius 3 is 2.58 bits per heavy atom. The van der Waals surface area contributed by atoms with Crippen LogP contribution in [0.1, 0.15) is 64.7 Å². The molecule has 5 aliphatic rings. The maximum Gasteiger partial charge on any atom is 0.337 e. The zero-order valence-electron chi connectivity index (χ0n) is 21.1. The van der Waals surface area contributed by atoms with Crippen molar-refractivity contribution >= 4 is 11.8 Å². The van der Waals surface area contributed by atoms with Crippen LogP contribution < -0.4 is 0 Å². The van der Waals surface area contributed by atoms with Crippen molar-refractivity contribution in [3.63, 3.8) is 0 Å². The van der Waals surface area contributed by atoms with Gasteiger partial charge in [-0.2, -0.15) is 0 Å². The van der Waals surface area contributed by atoms with Crippen LogP contribution in [0.5, 0.6) is 0 Å². The van der Waals surface area contributed by atoms with Gasteiger partial charge in [-0.15, -0.1) is 6.42 Å². The summed E-state index contributed by atoms with van der Waals surface area (Å²) in [4.78, 5) is 24.2. The van der Waals surface area contributed by atoms with E-state index >= 15 is 0 Å². The molecule has 11 atom stereocenters. The van der Waals surface area contributed by atoms with Crippen LogP contribution in [0.3, 0.4) is 0 Å². The summed E-state index contributed by atoms with van der Waals surface area (Å²) in [5.41, 5.74) is -0.0433. The van der Waals surface area contributed by atoms with E-state index in [-0.39, 0.29) is 11.2 Å². The van der Waals surface area contributed by atoms with Crippen molar-refractivity contribution in [3.8, 4) is 12.3 Å². The summed E-state index contributed by atoms with van der Waals surface area (Å²) in [6.07, 6.45) is 8.06. The molecule has 4 aliphatic carbocycles. The third-order valence-corrected chi connectivity index (χ3v) is 10.3. The normalized spacial score (nSPS) is 48.2. The predicted molar refractivity (Wildman–Crippen MR) is 128 cm³/mol. The molecule has 8 heteroatoms. The predicted octanol–water partition coefficient (Wildman–Crippen LogP) is 1.89. The number of carbonyl (C=O) groups is 2. The van der Waals surface area contributed by atoms with E-state index in [1.807, 2.05) is 6.08 Å². The van der Waals surface area contributed by atoms with Crippen LogP contribution in [-0.2, 0) is 23.8 Å². The smallest absolute Gasteiger partial charge is 0.337 e. The lowest BCUT2D eigenvalue weighted by molar-refractivity contribution is -0.326. The number of allylic oxidation sites excluding steroid dienone is 1. The number of fused-ring (bicyclic) bond motifs is 5. The second kappa shape index (κ2) is 9.52. The number of terminal acetylenes is 1. The quantitative estimate of drug-likeness (QED) is 0.394. The first kappa shape index (κ1) is 25.9. The Morgan fingerprint density at radius 1 is 1.11 bits per heavy atom. The van der Waals surface area contributed by atoms with Crippen LogP contribution in [0.25, 0.3) is 0 Å². The fraction of sp³-hybridized carbons (Fsp3) is 0.786. The molecule has 0 aromatic heterocycles. The number of carbonyl (C=O) groups excluding carboxylic acids is 2. The van der Waals surface area contributed by atoms with Crippen molar-refractivity contribution in [2.45, 2.75) is 101 Å². The molecule has 0 aromatic carbocycles. The standard InChI is InChI=1S/C28H38O8/c1-4-27-12-10-18-17-9-7-16(29)14-15(17)6-8-19(18)20(27)11-13-28(27,5-2)36-26-23(32)21(30)22(31)24(35-26)25(33)34-3/h2,14,17-24,26,30-32H,4,6-13H2,1,3H3/t17-,18+,19+,20-,21-,22-,23+,24-,26-,27-,28-/m0/s1. The van der Waals surface area contributed by atoms with E-state index < -0.39 is 42.3 Å². The highest BCUT2D eigenvalue weighted by atomic mass is 16.7. The highest BCUT2D eigenvalue weighted by Gasteiger charge is 2.66. The van der Waals surface area contributed by atoms with Crippen molar-refractivity contribution in [2.24, 2.45) is 29.1 Å². The fourth-order valence-electron chi connectivity index (χ4n) is 8.60. The molecule has 0 radical (unpaired) electrons. The molecule has 5 rings (SSSR count). The molecular formula is C28H38O8. The maximum absolute atomic E-state index is 12.2. The van der Waals surface area contributed by atoms with Gasteiger partial charge in [0.15, 0.2) is 18.2 Å². The number of rotatable bonds is 4. The van der Waals surface area contributed by atoms with Gasteiger partial charge in [-0.05, 0) is 81.1 Å². The first-order valence-corrected chi connectivity index (χ1v) is 13.4. The summed E-state index contributed by atoms with van der Waals surface area (Å²) in [7, 11) is 1.16. The molecule has 0 spiro atoms. The van der Waals surface area contributed by atoms with Crippen LogP contribution >= 0.6 is 0 Å². The number of ketones is 1. The van der Waals surface area contributed by atoms with Gasteiger partial charge in [-0.3, -0.25) is 4.79 Å². The summed E-state index contributed by atoms with van der Waals surface area (Å²) >= 11 is 0. The fourth-order valence-corrected chi connectivity index (χ4v) is 8.60. The summed E-state index contributed by atoms with van der Waals surface area (Å²) in [6.45, 7) is 2.13. The number of hydrogen-bond acceptors (Lipinski definition) is 8. The van der Waals surface area contributed by atoms with Crippen LogP contribution in [0, 0.1) is 41.4 Å². The zero-order valence-corrected chi connectivity index (χ0v) is 21.1. The average molecular weight is 503 g/mol. The summed E-state index contributed by atoms with van der Waals surface area (Å²) < 4.78 is 16.9. The average Bonchev–Trinajstić information content (AvgIpc) is 3.22. The van der Waals surface area contributed by atoms with E-state index in [1.54, 1.807) is 0 Å². The van der Waals surface area contributed by atoms with Crippen LogP contribution in [0.2, 0.25) is 0 Å². The minimum atomic E-state index is -1.65. The molecule has 0 unspecified atom stereocenters. The number of aliphatic hydroxyl groups excluding tert-OH is 3. The molecule has 1 heterocycles. The first-order valence-electron chi connectivity index (χ1n) is 13.4. The Balaban J connectivity index is 1.42. The van der Waals surface area contributed by atoms with Crippen molar-refractivity contribution in [1.29, 1.82) is 0 Å². The molecule has 8 nitrogen and oxygen atoms in total. The summed E-state index contributed by atoms with van der Waals surface area (Å²) in [6, 6.07) is 0. The maximum atomic E-state index is 12.2. The largest absolute Gasteiger partial charge is 0.467 e. The van der Waals surface area contributed by atoms with Gasteiger partial charge in [0.25, 0.3) is 0 Å². The highest BCUT2D eigenvalue weighted by Crippen LogP contribution is 2.67. The van der Waals surface area contributed by atoms with E-state index in [0.29, 0.717) is 36.5 Å². The first-order chi connectivity index (χ1) is 17.2. The van der Waals surface area contributed by atoms with Gasteiger partial charge in [-0.25, -0.2) is 4.79 Å². The molecule has 36 heavy (non-hydrogen) atoms. The molecule has 198 valence electrons. The van der Waals surface area contributed by atoms with E-state index in [9.17, 15) is 24.9 Å². The Kier molecular flexibility index (Phi) is 6.84. The monoisotopic (exact) mass is 502 g/mol. The van der Waals surface area contributed by atoms with Crippen LogP contribution in [0.15, 0.2) is 11.6 Å². The van der Waals surface area contributed by atoms with E-state index in [0.717, 1.165) is 52.1 Å². The Hall–Kier alpha value is -1.76. The van der Waals surface area contributed by atoms with Gasteiger partial charge in [0.1, 0.15) is 23.9 Å². The van der Waals surface area contributed by atoms with E-state index in [2.05, 4.69) is 12.8 Å². The summed E-state index contributed by atoms with van der Waals surface area (Å²) in [5, 5.41) is 31.5. The minimum absolute atomic E-state index is 0.252. The molecular weight excluding hydrogens is 464 g/mol. The van der Waals surface area contributed by atoms with Crippen molar-refractivity contribution < 1.29 is 39.1 Å². The number of esters is 1. The van der Waals surface area contributed by atoms with Gasteiger partial charge < -0.3 is 29.5 Å². The summed E-state index contributed by atoms with van der Waals surface area (Å²) in [5.74, 6) is 4.17. The lowest BCUT2D eigenvalue weighted by Crippen LogP contribution is -2.63. The van der Waals surface area contributed by atoms with Gasteiger partial charge in [0, 0.05) is 11.8 Å². The van der Waals surface area contributed by atoms with Gasteiger partial charge in [-0.1, -0.05) is 18.4 Å². The molecule has 1 saturated heterocycles. The second-order valence-electron chi connectivity index (χ2n) is 11.4. The Labute approximate surface area is 212 Å². The number of methoxy groups -OCH3 is 1. The number of hydrogen-bond donors (Lipinski definition) is 3. The van der Waals surface area contributed by atoms with E-state index in [4.69, 9.17) is 20.6 Å². The Bertz CT molecular complexity index is 969. The highest BCUT2D eigenvalue weighted by molar-refractivity contribution is 5.91. The lowest BCUT2D eigenvalue weighted by atomic mass is 9.49. The molecule has 0 aromatic rings. The van der Waals surface area contributed by atoms with Crippen LogP contribution in [0.4, 0.5) is 0 Å². The molecule has 0 amide bonds. The zero-order chi connectivity index (χ0) is 25.8. The molecule has 4 fully saturated rings. The van der Waals surface area contributed by atoms with E-state index in [1.165, 1.54) is 5.57 Å². The lowest BCUT2D eigenvalue weighted by Gasteiger charge is -2.57. The van der Waals surface area contributed by atoms with Crippen LogP contribution in [-0.4, -0.2) is 70.5 Å². The molecule has 3 saturated carbocycles. The van der Waals surface area contributed by atoms with Gasteiger partial charge in [0.05, 0.1) is 7.11 Å². The molecule has 3 N–H and O–H groups in total. The molecule has 1 aliphatic heterocycles. The van der Waals surface area contributed by atoms with Gasteiger partial charge in [0.2, 0.25) is 0 Å². The minimum Gasteiger partial charge on any atom is -0.467 e. The Morgan fingerprint density at radius 2 is 1.89 bits per heavy atom. The van der Waals surface area contributed by atoms with Crippen molar-refractivity contribution in [2.75, 3.05) is 7.11 Å². The number of ether oxygens (including phenoxy) is 3. The topological polar surface area (TPSA) is 123 Å². The van der Waals surface area contributed by atoms with Gasteiger partial charge >= 0.3 is 5.97 Å².